The number of alkyl halides is 4. The lowest BCUT2D eigenvalue weighted by Crippen LogP contribution is -2.52. The van der Waals surface area contributed by atoms with Crippen molar-refractivity contribution in [2.75, 3.05) is 0 Å². The number of rotatable bonds is 3. The van der Waals surface area contributed by atoms with Gasteiger partial charge >= 0.3 is 18.0 Å². The molecule has 88 valence electrons. The van der Waals surface area contributed by atoms with Crippen molar-refractivity contribution < 1.29 is 32.2 Å². The van der Waals surface area contributed by atoms with E-state index in [2.05, 4.69) is 4.74 Å². The van der Waals surface area contributed by atoms with Gasteiger partial charge in [-0.1, -0.05) is 18.2 Å². The van der Waals surface area contributed by atoms with E-state index in [1.165, 1.54) is 18.2 Å². The number of ether oxygens (including phenoxy) is 1. The number of benzene rings is 1. The van der Waals surface area contributed by atoms with Crippen LogP contribution >= 0.6 is 0 Å². The Morgan fingerprint density at radius 2 is 1.62 bits per heavy atom. The van der Waals surface area contributed by atoms with Crippen LogP contribution in [-0.2, 0) is 4.79 Å². The molecule has 1 atom stereocenters. The molecular formula is C9H6F4O3. The van der Waals surface area contributed by atoms with Crippen LogP contribution in [0.15, 0.2) is 30.3 Å². The molecule has 0 saturated heterocycles. The first-order chi connectivity index (χ1) is 7.27. The minimum atomic E-state index is -5.66. The molecule has 0 heterocycles. The molecule has 0 bridgehead atoms. The highest BCUT2D eigenvalue weighted by atomic mass is 19.4. The lowest BCUT2D eigenvalue weighted by molar-refractivity contribution is -0.295. The van der Waals surface area contributed by atoms with Crippen molar-refractivity contribution in [1.82, 2.24) is 0 Å². The molecule has 3 nitrogen and oxygen atoms in total. The van der Waals surface area contributed by atoms with Crippen LogP contribution in [-0.4, -0.2) is 23.1 Å². The van der Waals surface area contributed by atoms with E-state index < -0.39 is 23.7 Å². The van der Waals surface area contributed by atoms with Crippen molar-refractivity contribution in [2.24, 2.45) is 0 Å². The van der Waals surface area contributed by atoms with Crippen molar-refractivity contribution in [2.45, 2.75) is 12.0 Å². The van der Waals surface area contributed by atoms with E-state index in [0.717, 1.165) is 12.1 Å². The molecule has 1 N–H and O–H groups in total. The summed E-state index contributed by atoms with van der Waals surface area (Å²) >= 11 is 0. The van der Waals surface area contributed by atoms with Crippen molar-refractivity contribution in [1.29, 1.82) is 0 Å². The minimum Gasteiger partial charge on any atom is -0.476 e. The number of para-hydroxylation sites is 1. The van der Waals surface area contributed by atoms with Crippen molar-refractivity contribution in [3.05, 3.63) is 30.3 Å². The Morgan fingerprint density at radius 1 is 1.12 bits per heavy atom. The van der Waals surface area contributed by atoms with Gasteiger partial charge in [-0.05, 0) is 12.1 Å². The Morgan fingerprint density at radius 3 is 2.00 bits per heavy atom. The summed E-state index contributed by atoms with van der Waals surface area (Å²) in [4.78, 5) is 10.3. The number of halogens is 4. The molecule has 0 fully saturated rings. The maximum Gasteiger partial charge on any atom is 0.472 e. The Labute approximate surface area is 87.3 Å². The average molecular weight is 238 g/mol. The third-order valence-electron chi connectivity index (χ3n) is 1.64. The predicted octanol–water partition coefficient (Wildman–Crippen LogP) is 2.38. The summed E-state index contributed by atoms with van der Waals surface area (Å²) in [5, 5.41) is 8.21. The van der Waals surface area contributed by atoms with E-state index in [4.69, 9.17) is 5.11 Å². The molecule has 7 heteroatoms. The Bertz CT molecular complexity index is 376. The summed E-state index contributed by atoms with van der Waals surface area (Å²) in [6.07, 6.45) is -5.66. The van der Waals surface area contributed by atoms with Gasteiger partial charge in [-0.25, -0.2) is 4.79 Å². The second-order valence-electron chi connectivity index (χ2n) is 2.81. The van der Waals surface area contributed by atoms with Gasteiger partial charge in [0.2, 0.25) is 0 Å². The third kappa shape index (κ3) is 2.23. The topological polar surface area (TPSA) is 46.5 Å². The van der Waals surface area contributed by atoms with E-state index in [0.29, 0.717) is 0 Å². The van der Waals surface area contributed by atoms with E-state index in [1.807, 2.05) is 0 Å². The quantitative estimate of drug-likeness (QED) is 0.822. The van der Waals surface area contributed by atoms with Gasteiger partial charge in [0, 0.05) is 0 Å². The SMILES string of the molecule is O=C(O)C(F)(Oc1ccccc1)C(F)(F)F. The zero-order valence-electron chi connectivity index (χ0n) is 7.66. The molecule has 0 aliphatic carbocycles. The van der Waals surface area contributed by atoms with Crippen LogP contribution in [0.5, 0.6) is 5.75 Å². The minimum absolute atomic E-state index is 0.523. The fourth-order valence-electron chi connectivity index (χ4n) is 0.874. The maximum atomic E-state index is 13.2. The highest BCUT2D eigenvalue weighted by Gasteiger charge is 2.65. The Balaban J connectivity index is 3.03. The van der Waals surface area contributed by atoms with Crippen LogP contribution in [0.25, 0.3) is 0 Å². The van der Waals surface area contributed by atoms with Gasteiger partial charge in [-0.3, -0.25) is 0 Å². The highest BCUT2D eigenvalue weighted by molar-refractivity contribution is 5.77. The molecule has 1 rings (SSSR count). The first-order valence-electron chi connectivity index (χ1n) is 4.00. The molecule has 1 aromatic carbocycles. The molecule has 1 unspecified atom stereocenters. The summed E-state index contributed by atoms with van der Waals surface area (Å²) in [6, 6.07) is 6.06. The lowest BCUT2D eigenvalue weighted by Gasteiger charge is -2.24. The number of carboxylic acids is 1. The van der Waals surface area contributed by atoms with Crippen molar-refractivity contribution in [3.63, 3.8) is 0 Å². The van der Waals surface area contributed by atoms with E-state index >= 15 is 0 Å². The number of hydrogen-bond acceptors (Lipinski definition) is 2. The summed E-state index contributed by atoms with van der Waals surface area (Å²) in [7, 11) is 0. The summed E-state index contributed by atoms with van der Waals surface area (Å²) in [5.41, 5.74) is 0. The fourth-order valence-corrected chi connectivity index (χ4v) is 0.874. The van der Waals surface area contributed by atoms with Gasteiger partial charge in [0.15, 0.2) is 0 Å². The molecule has 1 aromatic rings. The van der Waals surface area contributed by atoms with Crippen molar-refractivity contribution >= 4 is 5.97 Å². The Kier molecular flexibility index (Phi) is 3.06. The predicted molar refractivity (Wildman–Crippen MR) is 44.6 cm³/mol. The summed E-state index contributed by atoms with van der Waals surface area (Å²) < 4.78 is 53.5. The van der Waals surface area contributed by atoms with Crippen molar-refractivity contribution in [3.8, 4) is 5.75 Å². The molecule has 0 aliphatic heterocycles. The number of carboxylic acid groups (broad SMARTS) is 1. The molecule has 0 aliphatic rings. The Hall–Kier alpha value is -1.79. The van der Waals surface area contributed by atoms with E-state index in [9.17, 15) is 22.4 Å². The molecule has 0 spiro atoms. The van der Waals surface area contributed by atoms with Gasteiger partial charge in [0.05, 0.1) is 0 Å². The summed E-state index contributed by atoms with van der Waals surface area (Å²) in [5.74, 6) is -8.01. The first kappa shape index (κ1) is 12.3. The molecule has 0 amide bonds. The number of aliphatic carboxylic acids is 1. The molecule has 16 heavy (non-hydrogen) atoms. The second-order valence-corrected chi connectivity index (χ2v) is 2.81. The molecule has 0 saturated carbocycles. The largest absolute Gasteiger partial charge is 0.476 e. The van der Waals surface area contributed by atoms with Gasteiger partial charge in [-0.2, -0.15) is 17.6 Å². The summed E-state index contributed by atoms with van der Waals surface area (Å²) in [6.45, 7) is 0. The van der Waals surface area contributed by atoms with Crippen LogP contribution in [0.2, 0.25) is 0 Å². The van der Waals surface area contributed by atoms with Crippen LogP contribution in [0.3, 0.4) is 0 Å². The molecule has 0 aromatic heterocycles. The van der Waals surface area contributed by atoms with Gasteiger partial charge in [0.1, 0.15) is 5.75 Å². The zero-order valence-corrected chi connectivity index (χ0v) is 7.66. The normalized spacial score (nSPS) is 15.2. The van der Waals surface area contributed by atoms with Gasteiger partial charge < -0.3 is 9.84 Å². The first-order valence-corrected chi connectivity index (χ1v) is 4.00. The van der Waals surface area contributed by atoms with Gasteiger partial charge in [0.25, 0.3) is 0 Å². The standard InChI is InChI=1S/C9H6F4O3/c10-8(7(14)15,9(11,12)13)16-6-4-2-1-3-5-6/h1-5H,(H,14,15). The van der Waals surface area contributed by atoms with E-state index in [1.54, 1.807) is 0 Å². The molecule has 0 radical (unpaired) electrons. The maximum absolute atomic E-state index is 13.2. The van der Waals surface area contributed by atoms with Crippen LogP contribution in [0.1, 0.15) is 0 Å². The third-order valence-corrected chi connectivity index (χ3v) is 1.64. The van der Waals surface area contributed by atoms with E-state index in [-0.39, 0.29) is 0 Å². The molecular weight excluding hydrogens is 232 g/mol. The average Bonchev–Trinajstić information content (AvgIpc) is 2.17. The van der Waals surface area contributed by atoms with Crippen LogP contribution < -0.4 is 4.74 Å². The highest BCUT2D eigenvalue weighted by Crippen LogP contribution is 2.36. The monoisotopic (exact) mass is 238 g/mol. The second kappa shape index (κ2) is 3.99. The number of carbonyl (C=O) groups is 1. The van der Waals surface area contributed by atoms with Crippen LogP contribution in [0.4, 0.5) is 17.6 Å². The smallest absolute Gasteiger partial charge is 0.472 e. The van der Waals surface area contributed by atoms with Gasteiger partial charge in [-0.15, -0.1) is 0 Å². The lowest BCUT2D eigenvalue weighted by atomic mass is 10.3. The zero-order chi connectivity index (χ0) is 12.4. The fraction of sp³-hybridized carbons (Fsp3) is 0.222. The number of hydrogen-bond donors (Lipinski definition) is 1. The van der Waals surface area contributed by atoms with Crippen LogP contribution in [0, 0.1) is 0 Å².